The molecule has 0 amide bonds. The maximum Gasteiger partial charge on any atom is 0.0573 e. The van der Waals surface area contributed by atoms with Crippen molar-refractivity contribution in [1.82, 2.24) is 0 Å². The summed E-state index contributed by atoms with van der Waals surface area (Å²) in [5.74, 6) is 0. The first-order valence-electron chi connectivity index (χ1n) is 8.43. The van der Waals surface area contributed by atoms with Crippen molar-refractivity contribution in [2.45, 2.75) is 71.1 Å². The lowest BCUT2D eigenvalue weighted by Crippen LogP contribution is -2.03. The van der Waals surface area contributed by atoms with E-state index >= 15 is 0 Å². The van der Waals surface area contributed by atoms with Gasteiger partial charge in [0, 0.05) is 6.54 Å². The fourth-order valence-electron chi connectivity index (χ4n) is 2.49. The fraction of sp³-hybridized carbons (Fsp3) is 0.667. The fourth-order valence-corrected chi connectivity index (χ4v) is 2.49. The summed E-state index contributed by atoms with van der Waals surface area (Å²) in [7, 11) is 0. The monoisotopic (exact) mass is 276 g/mol. The van der Waals surface area contributed by atoms with Crippen LogP contribution < -0.4 is 11.1 Å². The van der Waals surface area contributed by atoms with Gasteiger partial charge in [-0.2, -0.15) is 0 Å². The molecule has 20 heavy (non-hydrogen) atoms. The Hall–Kier alpha value is -1.18. The molecule has 1 aromatic rings. The van der Waals surface area contributed by atoms with E-state index in [1.807, 2.05) is 24.3 Å². The van der Waals surface area contributed by atoms with Gasteiger partial charge in [-0.1, -0.05) is 76.8 Å². The van der Waals surface area contributed by atoms with Crippen molar-refractivity contribution in [3.05, 3.63) is 24.3 Å². The molecule has 0 unspecified atom stereocenters. The van der Waals surface area contributed by atoms with Gasteiger partial charge in [0.2, 0.25) is 0 Å². The van der Waals surface area contributed by atoms with Crippen molar-refractivity contribution in [3.63, 3.8) is 0 Å². The number of unbranched alkanes of at least 4 members (excludes halogenated alkanes) is 9. The van der Waals surface area contributed by atoms with E-state index in [2.05, 4.69) is 12.2 Å². The summed E-state index contributed by atoms with van der Waals surface area (Å²) in [6.07, 6.45) is 13.8. The predicted molar refractivity (Wildman–Crippen MR) is 91.2 cm³/mol. The lowest BCUT2D eigenvalue weighted by Gasteiger charge is -2.08. The van der Waals surface area contributed by atoms with Crippen LogP contribution in [-0.4, -0.2) is 6.54 Å². The average molecular weight is 276 g/mol. The molecule has 0 aromatic heterocycles. The third-order valence-corrected chi connectivity index (χ3v) is 3.81. The Bertz CT molecular complexity index is 336. The van der Waals surface area contributed by atoms with Gasteiger partial charge in [-0.3, -0.25) is 0 Å². The van der Waals surface area contributed by atoms with Crippen LogP contribution in [0.25, 0.3) is 0 Å². The van der Waals surface area contributed by atoms with E-state index in [4.69, 9.17) is 5.73 Å². The first-order chi connectivity index (χ1) is 9.84. The number of nitrogen functional groups attached to an aromatic ring is 1. The van der Waals surface area contributed by atoms with E-state index < -0.39 is 0 Å². The van der Waals surface area contributed by atoms with Crippen LogP contribution in [-0.2, 0) is 0 Å². The minimum absolute atomic E-state index is 0.847. The molecule has 0 aliphatic heterocycles. The maximum atomic E-state index is 5.89. The first kappa shape index (κ1) is 16.9. The van der Waals surface area contributed by atoms with E-state index in [1.54, 1.807) is 0 Å². The van der Waals surface area contributed by atoms with E-state index in [-0.39, 0.29) is 0 Å². The Morgan fingerprint density at radius 1 is 0.800 bits per heavy atom. The molecule has 0 fully saturated rings. The normalized spacial score (nSPS) is 10.7. The minimum atomic E-state index is 0.847. The third kappa shape index (κ3) is 8.08. The molecule has 0 atom stereocenters. The van der Waals surface area contributed by atoms with Gasteiger partial charge in [0.25, 0.3) is 0 Å². The van der Waals surface area contributed by atoms with Gasteiger partial charge in [-0.15, -0.1) is 0 Å². The molecule has 0 spiro atoms. The summed E-state index contributed by atoms with van der Waals surface area (Å²) < 4.78 is 0. The van der Waals surface area contributed by atoms with Crippen LogP contribution in [0.1, 0.15) is 71.1 Å². The second kappa shape index (κ2) is 11.6. The quantitative estimate of drug-likeness (QED) is 0.385. The molecule has 2 heteroatoms. The molecule has 0 saturated carbocycles. The third-order valence-electron chi connectivity index (χ3n) is 3.81. The standard InChI is InChI=1S/C18H32N2/c1-2-3-4-5-6-7-8-9-10-13-16-20-18-15-12-11-14-17(18)19/h11-12,14-15,20H,2-10,13,16,19H2,1H3. The van der Waals surface area contributed by atoms with Crippen LogP contribution in [0, 0.1) is 0 Å². The van der Waals surface area contributed by atoms with Crippen molar-refractivity contribution in [1.29, 1.82) is 0 Å². The Kier molecular flexibility index (Phi) is 9.81. The molecule has 0 bridgehead atoms. The van der Waals surface area contributed by atoms with Crippen LogP contribution in [0.2, 0.25) is 0 Å². The molecule has 1 rings (SSSR count). The number of para-hydroxylation sites is 2. The number of anilines is 2. The van der Waals surface area contributed by atoms with Crippen LogP contribution in [0.3, 0.4) is 0 Å². The van der Waals surface area contributed by atoms with Gasteiger partial charge in [-0.25, -0.2) is 0 Å². The maximum absolute atomic E-state index is 5.89. The van der Waals surface area contributed by atoms with Crippen LogP contribution in [0.5, 0.6) is 0 Å². The van der Waals surface area contributed by atoms with E-state index in [0.717, 1.165) is 17.9 Å². The number of nitrogens with two attached hydrogens (primary N) is 1. The van der Waals surface area contributed by atoms with Crippen LogP contribution >= 0.6 is 0 Å². The molecule has 1 aromatic carbocycles. The largest absolute Gasteiger partial charge is 0.397 e. The highest BCUT2D eigenvalue weighted by molar-refractivity contribution is 5.65. The van der Waals surface area contributed by atoms with Crippen LogP contribution in [0.4, 0.5) is 11.4 Å². The van der Waals surface area contributed by atoms with Crippen molar-refractivity contribution >= 4 is 11.4 Å². The number of nitrogens with one attached hydrogen (secondary N) is 1. The summed E-state index contributed by atoms with van der Waals surface area (Å²) in [5, 5.41) is 3.41. The van der Waals surface area contributed by atoms with Crippen molar-refractivity contribution < 1.29 is 0 Å². The Labute approximate surface area is 125 Å². The number of hydrogen-bond acceptors (Lipinski definition) is 2. The van der Waals surface area contributed by atoms with Gasteiger partial charge >= 0.3 is 0 Å². The predicted octanol–water partition coefficient (Wildman–Crippen LogP) is 5.60. The van der Waals surface area contributed by atoms with Gasteiger partial charge in [0.1, 0.15) is 0 Å². The van der Waals surface area contributed by atoms with Gasteiger partial charge in [0.05, 0.1) is 11.4 Å². The molecule has 0 radical (unpaired) electrons. The minimum Gasteiger partial charge on any atom is -0.397 e. The number of hydrogen-bond donors (Lipinski definition) is 2. The zero-order valence-corrected chi connectivity index (χ0v) is 13.2. The topological polar surface area (TPSA) is 38.0 Å². The van der Waals surface area contributed by atoms with E-state index in [1.165, 1.54) is 64.2 Å². The van der Waals surface area contributed by atoms with Crippen molar-refractivity contribution in [3.8, 4) is 0 Å². The smallest absolute Gasteiger partial charge is 0.0573 e. The van der Waals surface area contributed by atoms with E-state index in [9.17, 15) is 0 Å². The Morgan fingerprint density at radius 2 is 1.35 bits per heavy atom. The second-order valence-electron chi connectivity index (χ2n) is 5.70. The molecular weight excluding hydrogens is 244 g/mol. The number of benzene rings is 1. The Morgan fingerprint density at radius 3 is 1.95 bits per heavy atom. The van der Waals surface area contributed by atoms with Crippen molar-refractivity contribution in [2.24, 2.45) is 0 Å². The first-order valence-corrected chi connectivity index (χ1v) is 8.43. The summed E-state index contributed by atoms with van der Waals surface area (Å²) in [4.78, 5) is 0. The molecule has 0 aliphatic carbocycles. The lowest BCUT2D eigenvalue weighted by molar-refractivity contribution is 0.560. The average Bonchev–Trinajstić information content (AvgIpc) is 2.46. The van der Waals surface area contributed by atoms with E-state index in [0.29, 0.717) is 0 Å². The summed E-state index contributed by atoms with van der Waals surface area (Å²) >= 11 is 0. The Balaban J connectivity index is 1.87. The molecule has 3 N–H and O–H groups in total. The molecule has 0 saturated heterocycles. The summed E-state index contributed by atoms with van der Waals surface area (Å²) in [6.45, 7) is 3.31. The lowest BCUT2D eigenvalue weighted by atomic mass is 10.1. The molecule has 0 heterocycles. The highest BCUT2D eigenvalue weighted by atomic mass is 14.9. The highest BCUT2D eigenvalue weighted by Crippen LogP contribution is 2.17. The van der Waals surface area contributed by atoms with Gasteiger partial charge in [0.15, 0.2) is 0 Å². The summed E-state index contributed by atoms with van der Waals surface area (Å²) in [6, 6.07) is 7.99. The van der Waals surface area contributed by atoms with Gasteiger partial charge in [-0.05, 0) is 18.6 Å². The number of rotatable bonds is 12. The van der Waals surface area contributed by atoms with Crippen molar-refractivity contribution in [2.75, 3.05) is 17.6 Å². The molecule has 2 nitrogen and oxygen atoms in total. The van der Waals surface area contributed by atoms with Gasteiger partial charge < -0.3 is 11.1 Å². The molecule has 114 valence electrons. The highest BCUT2D eigenvalue weighted by Gasteiger charge is 1.96. The SMILES string of the molecule is CCCCCCCCCCCCNc1ccccc1N. The second-order valence-corrected chi connectivity index (χ2v) is 5.70. The molecular formula is C18H32N2. The summed E-state index contributed by atoms with van der Waals surface area (Å²) in [5.41, 5.74) is 7.81. The van der Waals surface area contributed by atoms with Crippen LogP contribution in [0.15, 0.2) is 24.3 Å². The zero-order chi connectivity index (χ0) is 14.5. The zero-order valence-electron chi connectivity index (χ0n) is 13.2. The molecule has 0 aliphatic rings.